The number of nitrogens with zero attached hydrogens (tertiary/aromatic N) is 1. The fourth-order valence-electron chi connectivity index (χ4n) is 2.90. The maximum absolute atomic E-state index is 12.7. The van der Waals surface area contributed by atoms with Crippen molar-refractivity contribution in [1.82, 2.24) is 15.8 Å². The van der Waals surface area contributed by atoms with Crippen LogP contribution >= 0.6 is 12.2 Å². The number of methoxy groups -OCH3 is 1. The lowest BCUT2D eigenvalue weighted by molar-refractivity contribution is 0.0942. The Hall–Kier alpha value is -3.19. The van der Waals surface area contributed by atoms with Gasteiger partial charge in [-0.3, -0.25) is 20.6 Å². The van der Waals surface area contributed by atoms with Crippen molar-refractivity contribution in [3.63, 3.8) is 0 Å². The number of aryl methyl sites for hydroxylation is 2. The van der Waals surface area contributed by atoms with Crippen LogP contribution in [0.4, 0.5) is 5.69 Å². The lowest BCUT2D eigenvalue weighted by atomic mass is 10.0. The summed E-state index contributed by atoms with van der Waals surface area (Å²) in [4.78, 5) is 17.2. The molecule has 3 N–H and O–H groups in total. The topological polar surface area (TPSA) is 75.3 Å². The van der Waals surface area contributed by atoms with E-state index in [4.69, 9.17) is 17.0 Å². The number of ether oxygens (including phenoxy) is 1. The number of pyridine rings is 1. The number of nitrogens with one attached hydrogen (secondary N) is 3. The summed E-state index contributed by atoms with van der Waals surface area (Å²) in [5, 5.41) is 4.21. The molecule has 1 heterocycles. The number of hydrogen-bond donors (Lipinski definition) is 3. The normalized spacial score (nSPS) is 10.3. The highest BCUT2D eigenvalue weighted by molar-refractivity contribution is 7.80. The highest BCUT2D eigenvalue weighted by atomic mass is 32.1. The fraction of sp³-hybridized carbons (Fsp3) is 0.150. The third-order valence-electron chi connectivity index (χ3n) is 4.18. The largest absolute Gasteiger partial charge is 0.497 e. The van der Waals surface area contributed by atoms with Crippen molar-refractivity contribution >= 4 is 39.8 Å². The number of carbonyl (C=O) groups excluding carboxylic acids is 1. The van der Waals surface area contributed by atoms with E-state index in [9.17, 15) is 4.79 Å². The van der Waals surface area contributed by atoms with Crippen molar-refractivity contribution in [3.8, 4) is 5.75 Å². The van der Waals surface area contributed by atoms with E-state index in [0.717, 1.165) is 22.2 Å². The van der Waals surface area contributed by atoms with E-state index in [1.54, 1.807) is 13.2 Å². The van der Waals surface area contributed by atoms with E-state index in [0.29, 0.717) is 17.0 Å². The van der Waals surface area contributed by atoms with Gasteiger partial charge in [0.2, 0.25) is 0 Å². The first-order chi connectivity index (χ1) is 13.0. The minimum atomic E-state index is -0.293. The van der Waals surface area contributed by atoms with Gasteiger partial charge in [-0.05, 0) is 49.8 Å². The molecule has 0 saturated heterocycles. The number of hydrazine groups is 1. The molecular weight excluding hydrogens is 360 g/mol. The average molecular weight is 380 g/mol. The maximum Gasteiger partial charge on any atom is 0.271 e. The SMILES string of the molecule is COc1cccc(NC(=S)NNC(=O)c2c(C)nc3ccccc3c2C)c1. The van der Waals surface area contributed by atoms with Crippen LogP contribution < -0.4 is 20.9 Å². The monoisotopic (exact) mass is 380 g/mol. The zero-order chi connectivity index (χ0) is 19.4. The Morgan fingerprint density at radius 3 is 2.63 bits per heavy atom. The van der Waals surface area contributed by atoms with E-state index in [1.165, 1.54) is 0 Å². The summed E-state index contributed by atoms with van der Waals surface area (Å²) in [5.41, 5.74) is 9.05. The van der Waals surface area contributed by atoms with Crippen LogP contribution in [0.15, 0.2) is 48.5 Å². The molecule has 0 atom stereocenters. The van der Waals surface area contributed by atoms with Crippen LogP contribution in [-0.2, 0) is 0 Å². The summed E-state index contributed by atoms with van der Waals surface area (Å²) in [6, 6.07) is 15.1. The van der Waals surface area contributed by atoms with Crippen LogP contribution in [0, 0.1) is 13.8 Å². The van der Waals surface area contributed by atoms with Crippen LogP contribution in [0.2, 0.25) is 0 Å². The Morgan fingerprint density at radius 2 is 1.85 bits per heavy atom. The highest BCUT2D eigenvalue weighted by Crippen LogP contribution is 2.22. The van der Waals surface area contributed by atoms with Crippen molar-refractivity contribution in [2.45, 2.75) is 13.8 Å². The molecule has 7 heteroatoms. The summed E-state index contributed by atoms with van der Waals surface area (Å²) in [5.74, 6) is 0.415. The maximum atomic E-state index is 12.7. The third-order valence-corrected chi connectivity index (χ3v) is 4.38. The van der Waals surface area contributed by atoms with Crippen molar-refractivity contribution in [2.24, 2.45) is 0 Å². The van der Waals surface area contributed by atoms with Crippen LogP contribution in [-0.4, -0.2) is 23.1 Å². The van der Waals surface area contributed by atoms with Gasteiger partial charge in [-0.1, -0.05) is 24.3 Å². The van der Waals surface area contributed by atoms with Crippen molar-refractivity contribution in [1.29, 1.82) is 0 Å². The highest BCUT2D eigenvalue weighted by Gasteiger charge is 2.16. The van der Waals surface area contributed by atoms with Crippen LogP contribution in [0.3, 0.4) is 0 Å². The number of hydrogen-bond acceptors (Lipinski definition) is 4. The van der Waals surface area contributed by atoms with Gasteiger partial charge < -0.3 is 10.1 Å². The number of para-hydroxylation sites is 1. The molecule has 0 saturated carbocycles. The number of thiocarbonyl (C=S) groups is 1. The van der Waals surface area contributed by atoms with E-state index < -0.39 is 0 Å². The summed E-state index contributed by atoms with van der Waals surface area (Å²) in [6.45, 7) is 3.74. The fourth-order valence-corrected chi connectivity index (χ4v) is 3.07. The molecule has 1 amide bonds. The number of fused-ring (bicyclic) bond motifs is 1. The molecule has 3 rings (SSSR count). The first-order valence-electron chi connectivity index (χ1n) is 8.37. The van der Waals surface area contributed by atoms with Crippen LogP contribution in [0.25, 0.3) is 10.9 Å². The third kappa shape index (κ3) is 4.15. The Morgan fingerprint density at radius 1 is 1.07 bits per heavy atom. The summed E-state index contributed by atoms with van der Waals surface area (Å²) in [6.07, 6.45) is 0. The molecule has 0 fully saturated rings. The van der Waals surface area contributed by atoms with E-state index in [1.807, 2.05) is 56.3 Å². The molecule has 27 heavy (non-hydrogen) atoms. The average Bonchev–Trinajstić information content (AvgIpc) is 2.66. The smallest absolute Gasteiger partial charge is 0.271 e. The molecule has 0 aliphatic heterocycles. The van der Waals surface area contributed by atoms with E-state index >= 15 is 0 Å². The molecule has 0 aliphatic rings. The molecule has 0 unspecified atom stereocenters. The lowest BCUT2D eigenvalue weighted by Crippen LogP contribution is -2.44. The molecule has 138 valence electrons. The predicted octanol–water partition coefficient (Wildman–Crippen LogP) is 3.49. The number of amides is 1. The number of carbonyl (C=O) groups is 1. The van der Waals surface area contributed by atoms with E-state index in [-0.39, 0.29) is 11.0 Å². The number of anilines is 1. The van der Waals surface area contributed by atoms with Gasteiger partial charge in [0, 0.05) is 17.1 Å². The summed E-state index contributed by atoms with van der Waals surface area (Å²) >= 11 is 5.23. The van der Waals surface area contributed by atoms with Gasteiger partial charge in [0.05, 0.1) is 23.9 Å². The van der Waals surface area contributed by atoms with E-state index in [2.05, 4.69) is 21.2 Å². The number of rotatable bonds is 3. The Bertz CT molecular complexity index is 1020. The molecule has 6 nitrogen and oxygen atoms in total. The van der Waals surface area contributed by atoms with Gasteiger partial charge in [-0.25, -0.2) is 0 Å². The molecule has 0 spiro atoms. The lowest BCUT2D eigenvalue weighted by Gasteiger charge is -2.15. The Labute approximate surface area is 162 Å². The summed E-state index contributed by atoms with van der Waals surface area (Å²) < 4.78 is 5.17. The van der Waals surface area contributed by atoms with Gasteiger partial charge in [-0.2, -0.15) is 0 Å². The molecule has 0 radical (unpaired) electrons. The number of aromatic nitrogens is 1. The summed E-state index contributed by atoms with van der Waals surface area (Å²) in [7, 11) is 1.60. The minimum absolute atomic E-state index is 0.264. The molecule has 1 aromatic heterocycles. The Kier molecular flexibility index (Phi) is 5.52. The standard InChI is InChI=1S/C20H20N4O2S/c1-12-16-9-4-5-10-17(16)21-13(2)18(12)19(25)23-24-20(27)22-14-7-6-8-15(11-14)26-3/h4-11H,1-3H3,(H,23,25)(H2,22,24,27). The van der Waals surface area contributed by atoms with Gasteiger partial charge in [0.1, 0.15) is 5.75 Å². The molecule has 3 aromatic rings. The zero-order valence-electron chi connectivity index (χ0n) is 15.3. The number of benzene rings is 2. The van der Waals surface area contributed by atoms with Crippen LogP contribution in [0.5, 0.6) is 5.75 Å². The van der Waals surface area contributed by atoms with Crippen LogP contribution in [0.1, 0.15) is 21.6 Å². The van der Waals surface area contributed by atoms with Gasteiger partial charge in [-0.15, -0.1) is 0 Å². The second kappa shape index (κ2) is 8.01. The molecular formula is C20H20N4O2S. The first-order valence-corrected chi connectivity index (χ1v) is 8.77. The second-order valence-electron chi connectivity index (χ2n) is 5.98. The molecule has 0 aliphatic carbocycles. The van der Waals surface area contributed by atoms with Gasteiger partial charge >= 0.3 is 0 Å². The molecule has 0 bridgehead atoms. The quantitative estimate of drug-likeness (QED) is 0.477. The second-order valence-corrected chi connectivity index (χ2v) is 6.39. The molecule has 2 aromatic carbocycles. The van der Waals surface area contributed by atoms with Crippen molar-refractivity contribution in [2.75, 3.05) is 12.4 Å². The van der Waals surface area contributed by atoms with Crippen molar-refractivity contribution in [3.05, 3.63) is 65.4 Å². The zero-order valence-corrected chi connectivity index (χ0v) is 16.1. The first kappa shape index (κ1) is 18.6. The minimum Gasteiger partial charge on any atom is -0.497 e. The predicted molar refractivity (Wildman–Crippen MR) is 111 cm³/mol. The Balaban J connectivity index is 1.70. The van der Waals surface area contributed by atoms with Crippen molar-refractivity contribution < 1.29 is 9.53 Å². The van der Waals surface area contributed by atoms with Gasteiger partial charge in [0.25, 0.3) is 5.91 Å². The van der Waals surface area contributed by atoms with Gasteiger partial charge in [0.15, 0.2) is 5.11 Å².